The summed E-state index contributed by atoms with van der Waals surface area (Å²) in [7, 11) is 7.53. The van der Waals surface area contributed by atoms with Crippen LogP contribution in [-0.4, -0.2) is 119 Å². The monoisotopic (exact) mass is 759 g/mol. The van der Waals surface area contributed by atoms with E-state index in [1.807, 2.05) is 20.8 Å². The molecule has 54 heavy (non-hydrogen) atoms. The van der Waals surface area contributed by atoms with E-state index in [2.05, 4.69) is 51.9 Å². The summed E-state index contributed by atoms with van der Waals surface area (Å²) in [6.45, 7) is 12.9. The van der Waals surface area contributed by atoms with Crippen LogP contribution in [0.5, 0.6) is 0 Å². The molecule has 0 radical (unpaired) electrons. The summed E-state index contributed by atoms with van der Waals surface area (Å²) < 4.78 is 50.3. The first-order valence-electron chi connectivity index (χ1n) is 21.0. The van der Waals surface area contributed by atoms with Crippen molar-refractivity contribution in [2.75, 3.05) is 34.9 Å². The lowest BCUT2D eigenvalue weighted by atomic mass is 9.67. The molecule has 0 aromatic carbocycles. The Morgan fingerprint density at radius 2 is 1.59 bits per heavy atom. The Kier molecular flexibility index (Phi) is 14.2. The van der Waals surface area contributed by atoms with Gasteiger partial charge in [-0.3, -0.25) is 9.59 Å². The fraction of sp³-hybridized carbons (Fsp3) is 0.860. The number of allylic oxidation sites excluding steroid dienone is 4. The van der Waals surface area contributed by atoms with Crippen LogP contribution in [0, 0.1) is 35.5 Å². The Hall–Kier alpha value is -1.70. The third kappa shape index (κ3) is 8.74. The molecule has 0 aromatic rings. The van der Waals surface area contributed by atoms with Gasteiger partial charge in [0.1, 0.15) is 24.4 Å². The van der Waals surface area contributed by atoms with Gasteiger partial charge in [0.05, 0.1) is 30.8 Å². The molecule has 3 aliphatic carbocycles. The van der Waals surface area contributed by atoms with Crippen molar-refractivity contribution in [3.63, 3.8) is 0 Å². The molecule has 4 fully saturated rings. The second-order valence-corrected chi connectivity index (χ2v) is 17.2. The number of carbonyl (C=O) groups excluding carboxylic acids is 2. The number of likely N-dealkylation sites (N-methyl/N-ethyl adjacent to an activating group) is 1. The number of hydrogen-bond acceptors (Lipinski definition) is 11. The summed E-state index contributed by atoms with van der Waals surface area (Å²) in [5.74, 6) is 0.00892. The standard InChI is InChI=1S/C43H69NO10/c1-11-27-14-13-15-36(54-38-17-16-35(44(7)8)25(5)50-38)24(4)39(46)34-21-32-30(33(34)22-37(45)52-27)18-23(3)29-19-28(20-31(29)32)53-43-42(48-10)41(49-12-2)40(47-9)26(6)51-43/h18,21,24-33,35-36,38,40-43H,11-17,19-20,22H2,1-10H3/t24-,25-,26+,27+,28-,29+,30-,31-,32-,33+,35+,36?,38+,40+,41-,42-,43+/m1/s1. The molecule has 3 aliphatic heterocycles. The smallest absolute Gasteiger partial charge is 0.306 e. The van der Waals surface area contributed by atoms with Gasteiger partial charge in [-0.05, 0) is 122 Å². The van der Waals surface area contributed by atoms with Crippen molar-refractivity contribution in [3.8, 4) is 0 Å². The van der Waals surface area contributed by atoms with E-state index < -0.39 is 12.4 Å². The third-order valence-electron chi connectivity index (χ3n) is 13.7. The summed E-state index contributed by atoms with van der Waals surface area (Å²) in [5.41, 5.74) is 2.08. The van der Waals surface area contributed by atoms with Gasteiger partial charge >= 0.3 is 5.97 Å². The van der Waals surface area contributed by atoms with Crippen LogP contribution >= 0.6 is 0 Å². The number of ketones is 1. The Morgan fingerprint density at radius 3 is 2.26 bits per heavy atom. The van der Waals surface area contributed by atoms with Crippen molar-refractivity contribution in [1.29, 1.82) is 0 Å². The van der Waals surface area contributed by atoms with Gasteiger partial charge in [0.15, 0.2) is 18.4 Å². The molecular weight excluding hydrogens is 690 g/mol. The third-order valence-corrected chi connectivity index (χ3v) is 13.7. The first-order valence-corrected chi connectivity index (χ1v) is 21.0. The maximum atomic E-state index is 14.8. The molecule has 0 N–H and O–H groups in total. The van der Waals surface area contributed by atoms with E-state index in [9.17, 15) is 9.59 Å². The second-order valence-electron chi connectivity index (χ2n) is 17.2. The molecule has 306 valence electrons. The number of rotatable bonds is 10. The summed E-state index contributed by atoms with van der Waals surface area (Å²) >= 11 is 0. The van der Waals surface area contributed by atoms with Gasteiger partial charge in [-0.1, -0.05) is 31.6 Å². The van der Waals surface area contributed by atoms with Crippen molar-refractivity contribution in [3.05, 3.63) is 23.3 Å². The van der Waals surface area contributed by atoms with Crippen molar-refractivity contribution in [2.45, 2.75) is 167 Å². The molecule has 0 aromatic heterocycles. The Balaban J connectivity index is 1.23. The Labute approximate surface area is 324 Å². The van der Waals surface area contributed by atoms with Crippen LogP contribution < -0.4 is 0 Å². The lowest BCUT2D eigenvalue weighted by Crippen LogP contribution is -2.60. The first-order chi connectivity index (χ1) is 25.9. The highest BCUT2D eigenvalue weighted by molar-refractivity contribution is 5.99. The SMILES string of the molecule is CCO[C@@H]1[C@@H](OC)[C@H](C)O[C@@H](O[C@H]2C[C@H]3[C@@H]4C=C5C(=O)[C@H](C)C(O[C@H]6CC[C@H](N(C)C)[C@@H](C)O6)CCC[C@H](CC)OC(=O)C[C@H]5[C@@H]4C=C(C)[C@@H]3C2)[C@@H]1OC. The number of ether oxygens (including phenoxy) is 8. The minimum absolute atomic E-state index is 0.0361. The highest BCUT2D eigenvalue weighted by Crippen LogP contribution is 2.56. The van der Waals surface area contributed by atoms with Gasteiger partial charge < -0.3 is 42.8 Å². The van der Waals surface area contributed by atoms with Crippen LogP contribution in [-0.2, 0) is 47.5 Å². The predicted octanol–water partition coefficient (Wildman–Crippen LogP) is 6.27. The topological polar surface area (TPSA) is 111 Å². The molecule has 6 aliphatic rings. The highest BCUT2D eigenvalue weighted by Gasteiger charge is 2.54. The number of esters is 1. The summed E-state index contributed by atoms with van der Waals surface area (Å²) in [4.78, 5) is 30.6. The first kappa shape index (κ1) is 41.9. The fourth-order valence-electron chi connectivity index (χ4n) is 10.9. The number of carbonyl (C=O) groups is 2. The van der Waals surface area contributed by atoms with E-state index in [1.165, 1.54) is 5.57 Å². The lowest BCUT2D eigenvalue weighted by Gasteiger charge is -2.44. The number of cyclic esters (lactones) is 1. The molecule has 1 saturated carbocycles. The van der Waals surface area contributed by atoms with Gasteiger partial charge in [-0.15, -0.1) is 0 Å². The highest BCUT2D eigenvalue weighted by atomic mass is 16.7. The van der Waals surface area contributed by atoms with Crippen LogP contribution in [0.25, 0.3) is 0 Å². The van der Waals surface area contributed by atoms with Crippen LogP contribution in [0.3, 0.4) is 0 Å². The van der Waals surface area contributed by atoms with E-state index >= 15 is 0 Å². The predicted molar refractivity (Wildman–Crippen MR) is 203 cm³/mol. The molecule has 0 bridgehead atoms. The molecule has 17 atom stereocenters. The maximum absolute atomic E-state index is 14.8. The van der Waals surface area contributed by atoms with Crippen molar-refractivity contribution in [2.24, 2.45) is 35.5 Å². The van der Waals surface area contributed by atoms with Gasteiger partial charge in [-0.25, -0.2) is 0 Å². The van der Waals surface area contributed by atoms with Crippen molar-refractivity contribution >= 4 is 11.8 Å². The molecule has 11 nitrogen and oxygen atoms in total. The average molecular weight is 760 g/mol. The quantitative estimate of drug-likeness (QED) is 0.186. The molecule has 11 heteroatoms. The second kappa shape index (κ2) is 18.3. The number of nitrogens with zero attached hydrogens (tertiary/aromatic N) is 1. The molecule has 0 spiro atoms. The van der Waals surface area contributed by atoms with Crippen LogP contribution in [0.2, 0.25) is 0 Å². The molecule has 1 unspecified atom stereocenters. The molecule has 3 heterocycles. The zero-order valence-corrected chi connectivity index (χ0v) is 34.6. The van der Waals surface area contributed by atoms with Crippen LogP contribution in [0.15, 0.2) is 23.3 Å². The molecule has 3 saturated heterocycles. The van der Waals surface area contributed by atoms with E-state index in [4.69, 9.17) is 37.9 Å². The zero-order chi connectivity index (χ0) is 38.8. The summed E-state index contributed by atoms with van der Waals surface area (Å²) in [6.07, 6.45) is 8.61. The maximum Gasteiger partial charge on any atom is 0.306 e. The Morgan fingerprint density at radius 1 is 0.833 bits per heavy atom. The van der Waals surface area contributed by atoms with E-state index in [0.29, 0.717) is 25.0 Å². The number of fused-ring (bicyclic) bond motifs is 5. The van der Waals surface area contributed by atoms with Crippen molar-refractivity contribution < 1.29 is 47.5 Å². The number of Topliss-reactive ketones (excluding diaryl/α,β-unsaturated/α-hetero) is 1. The normalized spacial score (nSPS) is 44.7. The van der Waals surface area contributed by atoms with Crippen molar-refractivity contribution in [1.82, 2.24) is 4.90 Å². The lowest BCUT2D eigenvalue weighted by molar-refractivity contribution is -0.317. The van der Waals surface area contributed by atoms with Crippen LogP contribution in [0.4, 0.5) is 0 Å². The minimum atomic E-state index is -0.597. The summed E-state index contributed by atoms with van der Waals surface area (Å²) in [6, 6.07) is 0.337. The van der Waals surface area contributed by atoms with E-state index in [0.717, 1.165) is 50.5 Å². The van der Waals surface area contributed by atoms with Gasteiger partial charge in [0.2, 0.25) is 0 Å². The van der Waals surface area contributed by atoms with Crippen LogP contribution in [0.1, 0.15) is 99.3 Å². The number of methoxy groups -OCH3 is 2. The largest absolute Gasteiger partial charge is 0.462 e. The minimum Gasteiger partial charge on any atom is -0.462 e. The average Bonchev–Trinajstić information content (AvgIpc) is 3.71. The fourth-order valence-corrected chi connectivity index (χ4v) is 10.9. The Bertz CT molecular complexity index is 1350. The van der Waals surface area contributed by atoms with Gasteiger partial charge in [-0.2, -0.15) is 0 Å². The number of hydrogen-bond donors (Lipinski definition) is 0. The van der Waals surface area contributed by atoms with Gasteiger partial charge in [0.25, 0.3) is 0 Å². The molecular formula is C43H69NO10. The molecule has 6 rings (SSSR count). The molecule has 0 amide bonds. The van der Waals surface area contributed by atoms with E-state index in [-0.39, 0.29) is 96.8 Å². The van der Waals surface area contributed by atoms with E-state index in [1.54, 1.807) is 14.2 Å². The summed E-state index contributed by atoms with van der Waals surface area (Å²) in [5, 5.41) is 0. The van der Waals surface area contributed by atoms with Gasteiger partial charge in [0, 0.05) is 38.7 Å². The zero-order valence-electron chi connectivity index (χ0n) is 34.6.